The molecule has 0 N–H and O–H groups in total. The maximum absolute atomic E-state index is 6.56. The SMILES string of the molecule is CC1=NCCN1c1cncc(-c2ccc3c(c2)Oc2cccc4c2B3c2ccc(-c3cncc(N5CCN=C5C)c3)cc2O4)c1. The third-order valence-electron chi connectivity index (χ3n) is 9.25. The van der Waals surface area contributed by atoms with E-state index in [0.29, 0.717) is 0 Å². The van der Waals surface area contributed by atoms with Crippen molar-refractivity contribution in [1.82, 2.24) is 9.97 Å². The number of fused-ring (bicyclic) bond motifs is 4. The van der Waals surface area contributed by atoms with E-state index in [1.165, 1.54) is 0 Å². The number of hydrogen-bond donors (Lipinski definition) is 0. The molecule has 0 unspecified atom stereocenters. The Hall–Kier alpha value is -5.44. The Morgan fingerprint density at radius 2 is 1.09 bits per heavy atom. The van der Waals surface area contributed by atoms with Gasteiger partial charge in [-0.05, 0) is 72.3 Å². The summed E-state index contributed by atoms with van der Waals surface area (Å²) < 4.78 is 13.1. The fraction of sp³-hybridized carbons (Fsp3) is 0.167. The lowest BCUT2D eigenvalue weighted by Gasteiger charge is -2.33. The molecular formula is C36H29BN6O2. The van der Waals surface area contributed by atoms with Crippen LogP contribution in [0.3, 0.4) is 0 Å². The molecule has 9 rings (SSSR count). The largest absolute Gasteiger partial charge is 0.458 e. The van der Waals surface area contributed by atoms with E-state index in [1.807, 2.05) is 56.8 Å². The zero-order chi connectivity index (χ0) is 30.1. The summed E-state index contributed by atoms with van der Waals surface area (Å²) in [4.78, 5) is 22.6. The highest BCUT2D eigenvalue weighted by atomic mass is 16.5. The lowest BCUT2D eigenvalue weighted by molar-refractivity contribution is 0.464. The number of hydrogen-bond acceptors (Lipinski definition) is 8. The number of benzene rings is 3. The molecule has 0 spiro atoms. The van der Waals surface area contributed by atoms with Gasteiger partial charge in [-0.25, -0.2) is 0 Å². The van der Waals surface area contributed by atoms with Gasteiger partial charge in [-0.15, -0.1) is 0 Å². The van der Waals surface area contributed by atoms with Crippen LogP contribution < -0.4 is 35.7 Å². The van der Waals surface area contributed by atoms with E-state index in [2.05, 4.69) is 78.3 Å². The highest BCUT2D eigenvalue weighted by Crippen LogP contribution is 2.37. The Morgan fingerprint density at radius 3 is 1.56 bits per heavy atom. The van der Waals surface area contributed by atoms with Crippen molar-refractivity contribution in [3.63, 3.8) is 0 Å². The number of nitrogens with zero attached hydrogens (tertiary/aromatic N) is 6. The average molecular weight is 588 g/mol. The Balaban J connectivity index is 1.10. The van der Waals surface area contributed by atoms with Gasteiger partial charge in [0.1, 0.15) is 34.7 Å². The van der Waals surface area contributed by atoms with Crippen molar-refractivity contribution in [2.75, 3.05) is 36.0 Å². The number of pyridine rings is 2. The van der Waals surface area contributed by atoms with E-state index in [4.69, 9.17) is 9.47 Å². The van der Waals surface area contributed by atoms with Gasteiger partial charge >= 0.3 is 0 Å². The molecular weight excluding hydrogens is 559 g/mol. The van der Waals surface area contributed by atoms with Crippen LogP contribution in [0.2, 0.25) is 0 Å². The standard InChI is InChI=1S/C36H29BN6O2/c1-22-40-10-12-42(22)28-14-26(18-38-20-28)24-6-8-30-34(16-24)44-32-4-3-5-33-36(32)37(30)31-9-7-25(17-35(31)45-33)27-15-29(21-39-19-27)43-13-11-41-23(43)2/h3-9,14-21H,10-13H2,1-2H3. The predicted octanol–water partition coefficient (Wildman–Crippen LogP) is 5.02. The van der Waals surface area contributed by atoms with Gasteiger partial charge in [-0.3, -0.25) is 20.0 Å². The molecule has 0 amide bonds. The summed E-state index contributed by atoms with van der Waals surface area (Å²) in [6.45, 7) is 7.47. The van der Waals surface area contributed by atoms with Gasteiger partial charge in [-0.2, -0.15) is 0 Å². The summed E-state index contributed by atoms with van der Waals surface area (Å²) in [5, 5.41) is 0. The number of amidine groups is 2. The first-order valence-corrected chi connectivity index (χ1v) is 15.4. The molecule has 2 aromatic heterocycles. The monoisotopic (exact) mass is 588 g/mol. The van der Waals surface area contributed by atoms with Gasteiger partial charge in [0.05, 0.1) is 36.9 Å². The van der Waals surface area contributed by atoms with Gasteiger partial charge in [0.2, 0.25) is 0 Å². The maximum Gasteiger partial charge on any atom is 0.260 e. The quantitative estimate of drug-likeness (QED) is 0.269. The first-order chi connectivity index (χ1) is 22.1. The lowest BCUT2D eigenvalue weighted by atomic mass is 9.35. The maximum atomic E-state index is 6.56. The molecule has 8 nitrogen and oxygen atoms in total. The van der Waals surface area contributed by atoms with E-state index in [-0.39, 0.29) is 6.71 Å². The number of aliphatic imine (C=N–C) groups is 2. The molecule has 4 aliphatic heterocycles. The van der Waals surface area contributed by atoms with Crippen molar-refractivity contribution in [3.8, 4) is 45.3 Å². The summed E-state index contributed by atoms with van der Waals surface area (Å²) >= 11 is 0. The van der Waals surface area contributed by atoms with Crippen molar-refractivity contribution in [3.05, 3.63) is 91.5 Å². The number of ether oxygens (including phenoxy) is 2. The molecule has 0 saturated carbocycles. The average Bonchev–Trinajstić information content (AvgIpc) is 3.71. The van der Waals surface area contributed by atoms with E-state index in [0.717, 1.165) is 111 Å². The fourth-order valence-electron chi connectivity index (χ4n) is 7.00. The van der Waals surface area contributed by atoms with Crippen LogP contribution in [0.15, 0.2) is 102 Å². The fourth-order valence-corrected chi connectivity index (χ4v) is 7.00. The van der Waals surface area contributed by atoms with E-state index < -0.39 is 0 Å². The zero-order valence-corrected chi connectivity index (χ0v) is 25.1. The first kappa shape index (κ1) is 26.0. The number of aromatic nitrogens is 2. The summed E-state index contributed by atoms with van der Waals surface area (Å²) in [6.07, 6.45) is 7.63. The topological polar surface area (TPSA) is 75.4 Å². The van der Waals surface area contributed by atoms with Crippen LogP contribution in [-0.4, -0.2) is 54.5 Å². The molecule has 0 aliphatic carbocycles. The minimum Gasteiger partial charge on any atom is -0.458 e. The van der Waals surface area contributed by atoms with Crippen molar-refractivity contribution < 1.29 is 9.47 Å². The molecule has 0 bridgehead atoms. The van der Waals surface area contributed by atoms with Crippen LogP contribution in [0.5, 0.6) is 23.0 Å². The molecule has 0 atom stereocenters. The molecule has 0 saturated heterocycles. The van der Waals surface area contributed by atoms with E-state index >= 15 is 0 Å². The smallest absolute Gasteiger partial charge is 0.260 e. The minimum absolute atomic E-state index is 0.00681. The predicted molar refractivity (Wildman–Crippen MR) is 181 cm³/mol. The Bertz CT molecular complexity index is 1950. The summed E-state index contributed by atoms with van der Waals surface area (Å²) in [5.41, 5.74) is 9.62. The summed E-state index contributed by atoms with van der Waals surface area (Å²) in [6, 6.07) is 23.4. The Labute approximate surface area is 261 Å². The normalized spacial score (nSPS) is 15.9. The van der Waals surface area contributed by atoms with Gasteiger partial charge < -0.3 is 19.3 Å². The minimum atomic E-state index is -0.00681. The summed E-state index contributed by atoms with van der Waals surface area (Å²) in [5.74, 6) is 5.40. The van der Waals surface area contributed by atoms with Crippen molar-refractivity contribution >= 4 is 46.1 Å². The van der Waals surface area contributed by atoms with Crippen LogP contribution >= 0.6 is 0 Å². The zero-order valence-electron chi connectivity index (χ0n) is 25.1. The third-order valence-corrected chi connectivity index (χ3v) is 9.25. The van der Waals surface area contributed by atoms with Crippen LogP contribution in [0.25, 0.3) is 22.3 Å². The number of rotatable bonds is 4. The second-order valence-electron chi connectivity index (χ2n) is 11.8. The van der Waals surface area contributed by atoms with E-state index in [1.54, 1.807) is 0 Å². The van der Waals surface area contributed by atoms with E-state index in [9.17, 15) is 0 Å². The lowest BCUT2D eigenvalue weighted by Crippen LogP contribution is -2.57. The highest BCUT2D eigenvalue weighted by Gasteiger charge is 2.40. The summed E-state index contributed by atoms with van der Waals surface area (Å²) in [7, 11) is 0. The van der Waals surface area contributed by atoms with Crippen molar-refractivity contribution in [2.24, 2.45) is 9.98 Å². The molecule has 45 heavy (non-hydrogen) atoms. The first-order valence-electron chi connectivity index (χ1n) is 15.4. The molecule has 3 aromatic carbocycles. The van der Waals surface area contributed by atoms with Gasteiger partial charge in [-0.1, -0.05) is 30.3 Å². The highest BCUT2D eigenvalue weighted by molar-refractivity contribution is 6.98. The van der Waals surface area contributed by atoms with Crippen molar-refractivity contribution in [1.29, 1.82) is 0 Å². The van der Waals surface area contributed by atoms with Crippen molar-refractivity contribution in [2.45, 2.75) is 13.8 Å². The Kier molecular flexibility index (Phi) is 5.81. The Morgan fingerprint density at radius 1 is 0.578 bits per heavy atom. The molecule has 0 fully saturated rings. The molecule has 218 valence electrons. The third kappa shape index (κ3) is 4.22. The second-order valence-corrected chi connectivity index (χ2v) is 11.8. The van der Waals surface area contributed by atoms with Gasteiger partial charge in [0.25, 0.3) is 6.71 Å². The molecule has 5 aromatic rings. The molecule has 6 heterocycles. The van der Waals surface area contributed by atoms with Crippen LogP contribution in [0.4, 0.5) is 11.4 Å². The van der Waals surface area contributed by atoms with Gasteiger partial charge in [0.15, 0.2) is 0 Å². The second kappa shape index (κ2) is 10.1. The van der Waals surface area contributed by atoms with Gasteiger partial charge in [0, 0.05) is 42.1 Å². The van der Waals surface area contributed by atoms with Crippen LogP contribution in [-0.2, 0) is 0 Å². The molecule has 0 radical (unpaired) electrons. The van der Waals surface area contributed by atoms with Crippen LogP contribution in [0.1, 0.15) is 13.8 Å². The van der Waals surface area contributed by atoms with Crippen LogP contribution in [0, 0.1) is 0 Å². The number of anilines is 2. The molecule has 4 aliphatic rings. The molecule has 9 heteroatoms.